The molecule has 61 heavy (non-hydrogen) atoms. The maximum atomic E-state index is 12.7. The average Bonchev–Trinajstić information content (AvgIpc) is 3.22. The SMILES string of the molecule is CCCCCC/C=C\CCCCCCCC(=O)OC(COCCCCCCCCCCCCC/C=C\C/C=C\C/C=C\CCCCCCC)COP(=O)([O-])OCC[N+](C)(C)C. The largest absolute Gasteiger partial charge is 0.756 e. The van der Waals surface area contributed by atoms with Crippen LogP contribution in [0.5, 0.6) is 0 Å². The molecule has 0 aliphatic carbocycles. The van der Waals surface area contributed by atoms with Crippen LogP contribution in [0.3, 0.4) is 0 Å². The highest BCUT2D eigenvalue weighted by molar-refractivity contribution is 7.45. The monoisotopic (exact) mass is 880 g/mol. The van der Waals surface area contributed by atoms with Crippen LogP contribution in [0.15, 0.2) is 48.6 Å². The second-order valence-electron chi connectivity index (χ2n) is 18.2. The third-order valence-corrected chi connectivity index (χ3v) is 11.8. The molecule has 0 aromatic heterocycles. The molecule has 0 bridgehead atoms. The quantitative estimate of drug-likeness (QED) is 0.0198. The number of unbranched alkanes of at least 4 members (excludes halogenated alkanes) is 25. The van der Waals surface area contributed by atoms with Crippen molar-refractivity contribution in [1.82, 2.24) is 0 Å². The molecular weight excluding hydrogens is 782 g/mol. The number of carbonyl (C=O) groups excluding carboxylic acids is 1. The van der Waals surface area contributed by atoms with Gasteiger partial charge < -0.3 is 27.9 Å². The van der Waals surface area contributed by atoms with Crippen LogP contribution >= 0.6 is 7.82 Å². The fourth-order valence-corrected chi connectivity index (χ4v) is 7.63. The summed E-state index contributed by atoms with van der Waals surface area (Å²) in [6.45, 7) is 5.38. The summed E-state index contributed by atoms with van der Waals surface area (Å²) in [6.07, 6.45) is 55.7. The van der Waals surface area contributed by atoms with E-state index >= 15 is 0 Å². The first-order chi connectivity index (χ1) is 29.6. The van der Waals surface area contributed by atoms with Crippen molar-refractivity contribution in [3.05, 3.63) is 48.6 Å². The molecule has 0 fully saturated rings. The molecule has 0 heterocycles. The fourth-order valence-electron chi connectivity index (χ4n) is 6.90. The van der Waals surface area contributed by atoms with Crippen LogP contribution in [0.4, 0.5) is 0 Å². The highest BCUT2D eigenvalue weighted by Gasteiger charge is 2.20. The number of carbonyl (C=O) groups is 1. The van der Waals surface area contributed by atoms with Crippen molar-refractivity contribution in [2.24, 2.45) is 0 Å². The Kier molecular flexibility index (Phi) is 43.9. The number of nitrogens with zero attached hydrogens (tertiary/aromatic N) is 1. The molecule has 2 unspecified atom stereocenters. The molecule has 2 atom stereocenters. The van der Waals surface area contributed by atoms with Crippen molar-refractivity contribution < 1.29 is 37.3 Å². The van der Waals surface area contributed by atoms with Crippen LogP contribution in [0, 0.1) is 0 Å². The molecule has 0 aliphatic rings. The molecule has 0 saturated heterocycles. The molecule has 0 spiro atoms. The zero-order valence-electron chi connectivity index (χ0n) is 40.6. The first-order valence-corrected chi connectivity index (χ1v) is 26.8. The van der Waals surface area contributed by atoms with Gasteiger partial charge >= 0.3 is 5.97 Å². The highest BCUT2D eigenvalue weighted by Crippen LogP contribution is 2.38. The maximum absolute atomic E-state index is 12.7. The minimum absolute atomic E-state index is 0.0232. The standard InChI is InChI=1S/C52H98NO7P/c1-6-8-10-12-14-16-18-20-21-22-23-24-25-26-27-28-29-30-31-32-34-36-38-40-42-44-47-57-49-51(50-59-61(55,56)58-48-46-53(3,4)5)60-52(54)45-43-41-39-37-35-33-19-17-15-13-11-9-7-2/h17-20,22-23,25-26,51H,6-16,21,24,27-50H2,1-5H3/b19-17-,20-18-,23-22-,26-25-. The first kappa shape index (κ1) is 59.5. The molecular formula is C52H98NO7P. The molecule has 358 valence electrons. The second-order valence-corrected chi connectivity index (χ2v) is 19.6. The molecule has 9 heteroatoms. The van der Waals surface area contributed by atoms with E-state index in [-0.39, 0.29) is 25.8 Å². The average molecular weight is 880 g/mol. The summed E-state index contributed by atoms with van der Waals surface area (Å²) in [4.78, 5) is 25.1. The molecule has 0 amide bonds. The third kappa shape index (κ3) is 49.3. The number of hydrogen-bond donors (Lipinski definition) is 0. The molecule has 0 aromatic rings. The Hall–Kier alpha value is -1.54. The fraction of sp³-hybridized carbons (Fsp3) is 0.827. The van der Waals surface area contributed by atoms with Crippen molar-refractivity contribution in [3.8, 4) is 0 Å². The van der Waals surface area contributed by atoms with E-state index in [4.69, 9.17) is 18.5 Å². The summed E-state index contributed by atoms with van der Waals surface area (Å²) < 4.78 is 34.7. The Morgan fingerprint density at radius 3 is 1.38 bits per heavy atom. The van der Waals surface area contributed by atoms with Gasteiger partial charge in [0.25, 0.3) is 7.82 Å². The van der Waals surface area contributed by atoms with E-state index in [0.29, 0.717) is 24.1 Å². The normalized spacial score (nSPS) is 14.0. The molecule has 0 aromatic carbocycles. The van der Waals surface area contributed by atoms with Crippen molar-refractivity contribution in [2.45, 2.75) is 225 Å². The number of rotatable bonds is 47. The van der Waals surface area contributed by atoms with Gasteiger partial charge in [-0.25, -0.2) is 0 Å². The van der Waals surface area contributed by atoms with Crippen molar-refractivity contribution >= 4 is 13.8 Å². The Labute approximate surface area is 378 Å². The third-order valence-electron chi connectivity index (χ3n) is 10.9. The summed E-state index contributed by atoms with van der Waals surface area (Å²) in [5, 5.41) is 0. The number of likely N-dealkylation sites (N-methyl/N-ethyl adjacent to an activating group) is 1. The summed E-state index contributed by atoms with van der Waals surface area (Å²) in [6, 6.07) is 0. The van der Waals surface area contributed by atoms with Gasteiger partial charge in [-0.05, 0) is 77.0 Å². The highest BCUT2D eigenvalue weighted by atomic mass is 31.2. The molecule has 0 rings (SSSR count). The lowest BCUT2D eigenvalue weighted by Crippen LogP contribution is -2.37. The van der Waals surface area contributed by atoms with E-state index in [1.165, 1.54) is 141 Å². The summed E-state index contributed by atoms with van der Waals surface area (Å²) in [7, 11) is 1.35. The van der Waals surface area contributed by atoms with Crippen molar-refractivity contribution in [3.63, 3.8) is 0 Å². The smallest absolute Gasteiger partial charge is 0.306 e. The zero-order chi connectivity index (χ0) is 44.8. The lowest BCUT2D eigenvalue weighted by Gasteiger charge is -2.28. The maximum Gasteiger partial charge on any atom is 0.306 e. The predicted molar refractivity (Wildman–Crippen MR) is 259 cm³/mol. The topological polar surface area (TPSA) is 94.1 Å². The van der Waals surface area contributed by atoms with Gasteiger partial charge in [0.15, 0.2) is 0 Å². The Morgan fingerprint density at radius 2 is 0.902 bits per heavy atom. The van der Waals surface area contributed by atoms with Crippen LogP contribution < -0.4 is 4.89 Å². The molecule has 0 radical (unpaired) electrons. The lowest BCUT2D eigenvalue weighted by atomic mass is 10.1. The Balaban J connectivity index is 4.08. The Morgan fingerprint density at radius 1 is 0.508 bits per heavy atom. The van der Waals surface area contributed by atoms with Crippen LogP contribution in [-0.4, -0.2) is 70.7 Å². The van der Waals surface area contributed by atoms with Gasteiger partial charge in [-0.1, -0.05) is 184 Å². The number of hydrogen-bond acceptors (Lipinski definition) is 7. The van der Waals surface area contributed by atoms with E-state index in [1.54, 1.807) is 0 Å². The van der Waals surface area contributed by atoms with Gasteiger partial charge in [-0.15, -0.1) is 0 Å². The summed E-state index contributed by atoms with van der Waals surface area (Å²) in [5.41, 5.74) is 0. The van der Waals surface area contributed by atoms with Crippen molar-refractivity contribution in [2.75, 3.05) is 54.1 Å². The van der Waals surface area contributed by atoms with Crippen LogP contribution in [0.25, 0.3) is 0 Å². The number of ether oxygens (including phenoxy) is 2. The minimum Gasteiger partial charge on any atom is -0.756 e. The molecule has 8 nitrogen and oxygen atoms in total. The molecule has 0 aliphatic heterocycles. The van der Waals surface area contributed by atoms with Gasteiger partial charge in [0.2, 0.25) is 0 Å². The van der Waals surface area contributed by atoms with Crippen LogP contribution in [0.2, 0.25) is 0 Å². The van der Waals surface area contributed by atoms with Crippen molar-refractivity contribution in [1.29, 1.82) is 0 Å². The van der Waals surface area contributed by atoms with Gasteiger partial charge in [0.1, 0.15) is 19.3 Å². The van der Waals surface area contributed by atoms with E-state index in [2.05, 4.69) is 62.5 Å². The van der Waals surface area contributed by atoms with E-state index in [0.717, 1.165) is 57.8 Å². The number of allylic oxidation sites excluding steroid dienone is 8. The Bertz CT molecular complexity index is 1120. The van der Waals surface area contributed by atoms with Gasteiger partial charge in [-0.2, -0.15) is 0 Å². The van der Waals surface area contributed by atoms with E-state index in [9.17, 15) is 14.3 Å². The summed E-state index contributed by atoms with van der Waals surface area (Å²) >= 11 is 0. The summed E-state index contributed by atoms with van der Waals surface area (Å²) in [5.74, 6) is -0.344. The van der Waals surface area contributed by atoms with Crippen LogP contribution in [-0.2, 0) is 27.9 Å². The number of phosphoric ester groups is 1. The van der Waals surface area contributed by atoms with Gasteiger partial charge in [0, 0.05) is 13.0 Å². The van der Waals surface area contributed by atoms with Gasteiger partial charge in [-0.3, -0.25) is 9.36 Å². The predicted octanol–water partition coefficient (Wildman–Crippen LogP) is 14.9. The van der Waals surface area contributed by atoms with E-state index in [1.807, 2.05) is 21.1 Å². The second kappa shape index (κ2) is 45.0. The molecule has 0 saturated carbocycles. The number of phosphoric acid groups is 1. The number of esters is 1. The lowest BCUT2D eigenvalue weighted by molar-refractivity contribution is -0.870. The van der Waals surface area contributed by atoms with Gasteiger partial charge in [0.05, 0.1) is 34.4 Å². The number of quaternary nitrogens is 1. The molecule has 0 N–H and O–H groups in total. The minimum atomic E-state index is -4.53. The first-order valence-electron chi connectivity index (χ1n) is 25.4. The van der Waals surface area contributed by atoms with E-state index < -0.39 is 13.9 Å². The van der Waals surface area contributed by atoms with Crippen LogP contribution in [0.1, 0.15) is 219 Å². The zero-order valence-corrected chi connectivity index (χ0v) is 41.5.